The van der Waals surface area contributed by atoms with Crippen LogP contribution in [0.5, 0.6) is 0 Å². The number of nitrogens with one attached hydrogen (secondary N) is 3. The number of hydrogen-bond donors (Lipinski definition) is 4. The van der Waals surface area contributed by atoms with Gasteiger partial charge in [-0.15, -0.1) is 34.0 Å². The summed E-state index contributed by atoms with van der Waals surface area (Å²) in [5.41, 5.74) is 8.70. The number of carbonyl (C=O) groups excluding carboxylic acids is 3. The van der Waals surface area contributed by atoms with Gasteiger partial charge >= 0.3 is 37.1 Å². The first kappa shape index (κ1) is 75.8. The van der Waals surface area contributed by atoms with E-state index in [4.69, 9.17) is 24.7 Å². The molecule has 0 aromatic carbocycles. The smallest absolute Gasteiger partial charge is 1.00 e. The minimum atomic E-state index is -1.06. The number of aromatic nitrogens is 6. The average Bonchev–Trinajstić information content (AvgIpc) is 1.65. The zero-order valence-electron chi connectivity index (χ0n) is 56.0. The molecule has 0 atom stereocenters. The summed E-state index contributed by atoms with van der Waals surface area (Å²) >= 11 is 5.56. The van der Waals surface area contributed by atoms with Gasteiger partial charge in [-0.05, 0) is 239 Å². The monoisotopic (exact) mass is 1320 g/mol. The number of aryl methyl sites for hydroxylation is 6. The molecule has 1 aliphatic heterocycles. The number of rotatable bonds is 9. The van der Waals surface area contributed by atoms with Crippen LogP contribution < -0.4 is 40.5 Å². The predicted molar refractivity (Wildman–Crippen MR) is 373 cm³/mol. The first-order chi connectivity index (χ1) is 42.0. The summed E-state index contributed by atoms with van der Waals surface area (Å²) in [6, 6.07) is 1.94. The second-order valence-electron chi connectivity index (χ2n) is 27.8. The zero-order chi connectivity index (χ0) is 62.6. The summed E-state index contributed by atoms with van der Waals surface area (Å²) in [4.78, 5) is 69.2. The van der Waals surface area contributed by atoms with Crippen molar-refractivity contribution in [3.05, 3.63) is 50.3 Å². The molecule has 13 rings (SSSR count). The quantitative estimate of drug-likeness (QED) is 0.0456. The average molecular weight is 1320 g/mol. The largest absolute Gasteiger partial charge is 1.00 e. The topological polar surface area (TPSA) is 237 Å². The molecular formula is C68H106AlLiN10O8S3. The molecule has 0 unspecified atom stereocenters. The summed E-state index contributed by atoms with van der Waals surface area (Å²) < 4.78 is 24.2. The van der Waals surface area contributed by atoms with E-state index in [-0.39, 0.29) is 51.0 Å². The van der Waals surface area contributed by atoms with Crippen molar-refractivity contribution in [3.8, 4) is 0 Å². The molecular weight excluding hydrogens is 1210 g/mol. The van der Waals surface area contributed by atoms with E-state index >= 15 is 0 Å². The van der Waals surface area contributed by atoms with Crippen molar-refractivity contribution in [2.75, 3.05) is 29.2 Å². The van der Waals surface area contributed by atoms with Gasteiger partial charge in [0, 0.05) is 58.4 Å². The number of fused-ring (bicyclic) bond motifs is 9. The van der Waals surface area contributed by atoms with Crippen LogP contribution in [0, 0.1) is 11.8 Å². The molecule has 6 aliphatic carbocycles. The van der Waals surface area contributed by atoms with Gasteiger partial charge in [-0.2, -0.15) is 0 Å². The van der Waals surface area contributed by atoms with Gasteiger partial charge in [0.2, 0.25) is 0 Å². The molecule has 0 amide bonds. The summed E-state index contributed by atoms with van der Waals surface area (Å²) in [5.74, 6) is 4.47. The Morgan fingerprint density at radius 3 is 1.18 bits per heavy atom. The van der Waals surface area contributed by atoms with Crippen molar-refractivity contribution in [2.45, 2.75) is 278 Å². The van der Waals surface area contributed by atoms with Crippen LogP contribution in [-0.4, -0.2) is 120 Å². The third-order valence-electron chi connectivity index (χ3n) is 17.2. The van der Waals surface area contributed by atoms with Gasteiger partial charge in [0.15, 0.2) is 17.4 Å². The molecule has 7 heterocycles. The molecule has 23 heteroatoms. The Kier molecular flexibility index (Phi) is 29.1. The van der Waals surface area contributed by atoms with Crippen LogP contribution in [0.25, 0.3) is 30.6 Å². The number of carbonyl (C=O) groups is 3. The Bertz CT molecular complexity index is 3250. The Morgan fingerprint density at radius 1 is 0.516 bits per heavy atom. The molecule has 6 aromatic heterocycles. The fourth-order valence-electron chi connectivity index (χ4n) is 12.9. The third-order valence-corrected chi connectivity index (χ3v) is 20.8. The second-order valence-corrected chi connectivity index (χ2v) is 31.1. The molecule has 1 saturated heterocycles. The van der Waals surface area contributed by atoms with Crippen LogP contribution in [0.2, 0.25) is 0 Å². The number of anilines is 3. The first-order valence-corrected chi connectivity index (χ1v) is 35.2. The van der Waals surface area contributed by atoms with Crippen molar-refractivity contribution in [2.24, 2.45) is 17.6 Å². The standard InChI is InChI=1S/C21H29N3O2S.C17H23N3S.C15H20N4S.C10H18O5.C4H8O.CH4.Al.Li.4H/c1-21(2,3)26-17(25)11-13-7-9-14(10-8-13)24-19-18-15-5-4-6-16(15)27-20(18)23-12-22-19;1-2-11-6-8-12(9-7-11)20-16-15-13-4-3-5-14(13)21-17(15)19-10-18-16;16-9-4-6-10(7-5-9)19-14-13-11-2-1-3-12(11)20-15(13)18-8-17-14;1-9(2,3)14-7(11)13-8(12)15-10(4,5)6;1-2-4-5-3-1;;;;;;;/h12-14H,4-11H2,1-3H3,(H,22,23,24);10-12H,2-9H2,1H3,(H,18,19,20);8-10H,1-7,16H2,(H,17,18,19);1-6H3;1-4H2;1H4;;;;;;/q;;;;;;;+1;;;;-1. The summed E-state index contributed by atoms with van der Waals surface area (Å²) in [5, 5.41) is 15.0. The van der Waals surface area contributed by atoms with Gasteiger partial charge < -0.3 is 46.8 Å². The molecule has 498 valence electrons. The summed E-state index contributed by atoms with van der Waals surface area (Å²) in [7, 11) is 0. The number of nitrogens with two attached hydrogens (primary N) is 1. The summed E-state index contributed by atoms with van der Waals surface area (Å²) in [6.07, 6.45) is 32.6. The molecule has 7 aliphatic rings. The first-order valence-electron chi connectivity index (χ1n) is 32.8. The SMILES string of the molecule is C.C1CCOC1.CC(C)(C)OC(=O)CC1CCC(Nc2ncnc3sc4c(c23)CCC4)CC1.CC(C)(C)OC(=O)OC(=O)OC(C)(C)C.CCC1CCC(Nc2ncnc3sc4c(c23)CCC4)CC1.NC1CCC(Nc2ncnc3sc4c(c23)CCC4)CC1.[AlH3].[H-].[Li+]. The van der Waals surface area contributed by atoms with Crippen LogP contribution in [0.15, 0.2) is 19.0 Å². The minimum absolute atomic E-state index is 0. The Labute approximate surface area is 577 Å². The van der Waals surface area contributed by atoms with Crippen molar-refractivity contribution in [3.63, 3.8) is 0 Å². The van der Waals surface area contributed by atoms with Crippen molar-refractivity contribution in [1.29, 1.82) is 0 Å². The number of hydrogen-bond acceptors (Lipinski definition) is 21. The minimum Gasteiger partial charge on any atom is -1.00 e. The van der Waals surface area contributed by atoms with Crippen LogP contribution in [0.3, 0.4) is 0 Å². The van der Waals surface area contributed by atoms with E-state index in [9.17, 15) is 14.4 Å². The van der Waals surface area contributed by atoms with Gasteiger partial charge in [0.25, 0.3) is 0 Å². The Balaban J connectivity index is 0.000000217. The van der Waals surface area contributed by atoms with E-state index < -0.39 is 29.1 Å². The van der Waals surface area contributed by atoms with E-state index in [1.807, 2.05) is 54.8 Å². The molecule has 0 bridgehead atoms. The third kappa shape index (κ3) is 22.4. The maximum Gasteiger partial charge on any atom is 1.00 e. The molecule has 4 fully saturated rings. The van der Waals surface area contributed by atoms with E-state index in [0.29, 0.717) is 36.5 Å². The zero-order valence-corrected chi connectivity index (χ0v) is 57.5. The fourth-order valence-corrected chi connectivity index (χ4v) is 16.6. The number of esters is 1. The van der Waals surface area contributed by atoms with Gasteiger partial charge in [0.05, 0.1) is 16.2 Å². The van der Waals surface area contributed by atoms with Crippen LogP contribution >= 0.6 is 34.0 Å². The number of thiophene rings is 3. The van der Waals surface area contributed by atoms with Gasteiger partial charge in [0.1, 0.15) is 67.7 Å². The van der Waals surface area contributed by atoms with E-state index in [2.05, 4.69) is 57.5 Å². The van der Waals surface area contributed by atoms with Crippen LogP contribution in [0.4, 0.5) is 27.0 Å². The molecule has 3 saturated carbocycles. The van der Waals surface area contributed by atoms with Crippen LogP contribution in [0.1, 0.15) is 231 Å². The Hall–Kier alpha value is -4.22. The van der Waals surface area contributed by atoms with E-state index in [1.54, 1.807) is 65.4 Å². The fraction of sp³-hybridized carbons (Fsp3) is 0.691. The second kappa shape index (κ2) is 35.0. The van der Waals surface area contributed by atoms with Crippen molar-refractivity contribution >= 4 is 118 Å². The van der Waals surface area contributed by atoms with Crippen molar-refractivity contribution < 1.29 is 58.4 Å². The molecule has 6 aromatic rings. The maximum atomic E-state index is 12.1. The van der Waals surface area contributed by atoms with Crippen LogP contribution in [-0.2, 0) is 67.0 Å². The summed E-state index contributed by atoms with van der Waals surface area (Å²) in [6.45, 7) is 20.1. The van der Waals surface area contributed by atoms with Gasteiger partial charge in [-0.25, -0.2) is 39.5 Å². The Morgan fingerprint density at radius 2 is 0.857 bits per heavy atom. The predicted octanol–water partition coefficient (Wildman–Crippen LogP) is 12.5. The molecule has 0 radical (unpaired) electrons. The maximum absolute atomic E-state index is 12.1. The molecule has 0 spiro atoms. The van der Waals surface area contributed by atoms with E-state index in [1.165, 1.54) is 144 Å². The normalized spacial score (nSPS) is 21.5. The number of ether oxygens (including phenoxy) is 5. The number of nitrogens with zero attached hydrogens (tertiary/aromatic N) is 6. The molecule has 18 nitrogen and oxygen atoms in total. The molecule has 91 heavy (non-hydrogen) atoms. The molecule has 5 N–H and O–H groups in total. The van der Waals surface area contributed by atoms with E-state index in [0.717, 1.165) is 104 Å². The van der Waals surface area contributed by atoms with Gasteiger partial charge in [-0.1, -0.05) is 20.8 Å². The van der Waals surface area contributed by atoms with Crippen molar-refractivity contribution in [1.82, 2.24) is 29.9 Å². The van der Waals surface area contributed by atoms with Gasteiger partial charge in [-0.3, -0.25) is 4.79 Å².